The van der Waals surface area contributed by atoms with Gasteiger partial charge in [0.1, 0.15) is 11.5 Å². The lowest BCUT2D eigenvalue weighted by molar-refractivity contribution is 0.0635. The summed E-state index contributed by atoms with van der Waals surface area (Å²) < 4.78 is 35.5. The smallest absolute Gasteiger partial charge is 0.344 e. The van der Waals surface area contributed by atoms with Crippen molar-refractivity contribution in [1.29, 1.82) is 0 Å². The number of aryl methyl sites for hydroxylation is 1. The van der Waals surface area contributed by atoms with Gasteiger partial charge in [-0.2, -0.15) is 8.42 Å². The van der Waals surface area contributed by atoms with Crippen molar-refractivity contribution >= 4 is 38.5 Å². The van der Waals surface area contributed by atoms with Crippen molar-refractivity contribution in [3.63, 3.8) is 0 Å². The number of likely N-dealkylation sites (tertiary alicyclic amines) is 1. The van der Waals surface area contributed by atoms with Crippen LogP contribution in [0.3, 0.4) is 0 Å². The molecular formula is C24H25N5O5S. The van der Waals surface area contributed by atoms with E-state index in [0.29, 0.717) is 53.2 Å². The molecule has 0 bridgehead atoms. The number of nitrogens with zero attached hydrogens (tertiary/aromatic N) is 3. The lowest BCUT2D eigenvalue weighted by Gasteiger charge is -2.33. The van der Waals surface area contributed by atoms with Gasteiger partial charge in [-0.05, 0) is 56.2 Å². The third-order valence-corrected chi connectivity index (χ3v) is 7.09. The predicted octanol–water partition coefficient (Wildman–Crippen LogP) is 2.56. The Morgan fingerprint density at radius 3 is 2.94 bits per heavy atom. The molecule has 2 aliphatic rings. The van der Waals surface area contributed by atoms with E-state index >= 15 is 0 Å². The van der Waals surface area contributed by atoms with Crippen molar-refractivity contribution in [3.8, 4) is 11.5 Å². The number of ether oxygens (including phenoxy) is 1. The average Bonchev–Trinajstić information content (AvgIpc) is 2.81. The van der Waals surface area contributed by atoms with E-state index in [4.69, 9.17) is 10.5 Å². The van der Waals surface area contributed by atoms with E-state index in [1.54, 1.807) is 47.4 Å². The van der Waals surface area contributed by atoms with Crippen molar-refractivity contribution < 1.29 is 23.1 Å². The number of fused-ring (bicyclic) bond motifs is 2. The summed E-state index contributed by atoms with van der Waals surface area (Å²) in [6.07, 6.45) is 1.70. The number of phenols is 1. The van der Waals surface area contributed by atoms with E-state index in [1.807, 2.05) is 6.92 Å². The zero-order valence-electron chi connectivity index (χ0n) is 19.1. The van der Waals surface area contributed by atoms with Gasteiger partial charge in [-0.25, -0.2) is 0 Å². The van der Waals surface area contributed by atoms with Crippen LogP contribution in [0.4, 0.5) is 5.69 Å². The van der Waals surface area contributed by atoms with Crippen LogP contribution in [0.25, 0.3) is 10.9 Å². The van der Waals surface area contributed by atoms with Crippen LogP contribution in [0.1, 0.15) is 34.5 Å². The summed E-state index contributed by atoms with van der Waals surface area (Å²) in [5.41, 5.74) is 8.53. The Morgan fingerprint density at radius 1 is 1.29 bits per heavy atom. The molecule has 1 saturated heterocycles. The molecule has 10 nitrogen and oxygen atoms in total. The summed E-state index contributed by atoms with van der Waals surface area (Å²) in [5.74, 6) is 0.348. The first-order chi connectivity index (χ1) is 16.7. The van der Waals surface area contributed by atoms with Crippen LogP contribution < -0.4 is 15.2 Å². The number of nitrogens with one attached hydrogen (secondary N) is 1. The van der Waals surface area contributed by atoms with E-state index < -0.39 is 10.2 Å². The Labute approximate surface area is 202 Å². The molecule has 3 heterocycles. The van der Waals surface area contributed by atoms with Crippen LogP contribution in [0, 0.1) is 12.8 Å². The van der Waals surface area contributed by atoms with Crippen LogP contribution in [-0.2, 0) is 10.2 Å². The van der Waals surface area contributed by atoms with Gasteiger partial charge in [0.15, 0.2) is 5.84 Å². The van der Waals surface area contributed by atoms with Crippen LogP contribution in [0.5, 0.6) is 11.5 Å². The van der Waals surface area contributed by atoms with Crippen molar-refractivity contribution in [2.45, 2.75) is 19.8 Å². The SMILES string of the molecule is Cc1cc(C(=O)N2CCCC(COc3cccc4c3C(N)=NS(=O)(=O)N4)C2)c2cc(O)ccc2n1. The molecule has 3 aromatic rings. The number of carbonyl (C=O) groups excluding carboxylic acids is 1. The number of carbonyl (C=O) groups is 1. The van der Waals surface area contributed by atoms with Crippen molar-refractivity contribution in [2.24, 2.45) is 16.0 Å². The number of amidine groups is 1. The zero-order chi connectivity index (χ0) is 24.7. The van der Waals surface area contributed by atoms with E-state index in [-0.39, 0.29) is 23.4 Å². The Kier molecular flexibility index (Phi) is 5.72. The van der Waals surface area contributed by atoms with Crippen LogP contribution in [0.2, 0.25) is 0 Å². The quantitative estimate of drug-likeness (QED) is 0.504. The predicted molar refractivity (Wildman–Crippen MR) is 132 cm³/mol. The molecule has 4 N–H and O–H groups in total. The number of hydrogen-bond acceptors (Lipinski definition) is 7. The average molecular weight is 496 g/mol. The number of hydrogen-bond donors (Lipinski definition) is 3. The molecule has 0 aliphatic carbocycles. The molecule has 11 heteroatoms. The Morgan fingerprint density at radius 2 is 2.11 bits per heavy atom. The highest BCUT2D eigenvalue weighted by Gasteiger charge is 2.28. The number of benzene rings is 2. The first-order valence-electron chi connectivity index (χ1n) is 11.2. The van der Waals surface area contributed by atoms with Gasteiger partial charge in [0.25, 0.3) is 5.91 Å². The molecule has 0 radical (unpaired) electrons. The number of aromatic nitrogens is 1. The summed E-state index contributed by atoms with van der Waals surface area (Å²) in [7, 11) is -3.87. The fourth-order valence-electron chi connectivity index (χ4n) is 4.62. The normalized spacial score (nSPS) is 18.9. The van der Waals surface area contributed by atoms with Gasteiger partial charge in [0.2, 0.25) is 0 Å². The van der Waals surface area contributed by atoms with E-state index in [0.717, 1.165) is 18.5 Å². The van der Waals surface area contributed by atoms with Crippen LogP contribution in [-0.4, -0.2) is 54.8 Å². The van der Waals surface area contributed by atoms with Gasteiger partial charge in [-0.3, -0.25) is 14.5 Å². The largest absolute Gasteiger partial charge is 0.508 e. The maximum atomic E-state index is 13.5. The van der Waals surface area contributed by atoms with Crippen LogP contribution >= 0.6 is 0 Å². The highest BCUT2D eigenvalue weighted by Crippen LogP contribution is 2.32. The Balaban J connectivity index is 1.33. The number of nitrogens with two attached hydrogens (primary N) is 1. The van der Waals surface area contributed by atoms with Crippen molar-refractivity contribution in [1.82, 2.24) is 9.88 Å². The highest BCUT2D eigenvalue weighted by molar-refractivity contribution is 7.91. The van der Waals surface area contributed by atoms with Crippen molar-refractivity contribution in [3.05, 3.63) is 59.3 Å². The molecule has 35 heavy (non-hydrogen) atoms. The lowest BCUT2D eigenvalue weighted by Crippen LogP contribution is -2.41. The van der Waals surface area contributed by atoms with Crippen molar-refractivity contribution in [2.75, 3.05) is 24.4 Å². The molecule has 1 unspecified atom stereocenters. The van der Waals surface area contributed by atoms with Gasteiger partial charge in [-0.1, -0.05) is 6.07 Å². The maximum Gasteiger partial charge on any atom is 0.344 e. The highest BCUT2D eigenvalue weighted by atomic mass is 32.2. The third-order valence-electron chi connectivity index (χ3n) is 6.17. The van der Waals surface area contributed by atoms with Gasteiger partial charge >= 0.3 is 10.2 Å². The van der Waals surface area contributed by atoms with Gasteiger partial charge < -0.3 is 20.5 Å². The topological polar surface area (TPSA) is 147 Å². The number of pyridine rings is 1. The summed E-state index contributed by atoms with van der Waals surface area (Å²) in [6, 6.07) is 11.6. The fraction of sp³-hybridized carbons (Fsp3) is 0.292. The molecule has 1 amide bonds. The summed E-state index contributed by atoms with van der Waals surface area (Å²) >= 11 is 0. The number of anilines is 1. The van der Waals surface area contributed by atoms with Gasteiger partial charge in [-0.15, -0.1) is 4.40 Å². The molecule has 1 fully saturated rings. The molecule has 1 aromatic heterocycles. The number of rotatable bonds is 4. The second-order valence-electron chi connectivity index (χ2n) is 8.82. The van der Waals surface area contributed by atoms with Gasteiger partial charge in [0, 0.05) is 30.1 Å². The second-order valence-corrected chi connectivity index (χ2v) is 10.2. The summed E-state index contributed by atoms with van der Waals surface area (Å²) in [5, 5.41) is 10.6. The molecule has 2 aliphatic heterocycles. The number of phenolic OH excluding ortho intramolecular Hbond substituents is 1. The molecule has 1 atom stereocenters. The minimum Gasteiger partial charge on any atom is -0.508 e. The minimum atomic E-state index is -3.87. The number of aromatic hydroxyl groups is 1. The Bertz CT molecular complexity index is 1470. The zero-order valence-corrected chi connectivity index (χ0v) is 19.9. The number of amides is 1. The molecular weight excluding hydrogens is 470 g/mol. The first kappa shape index (κ1) is 22.9. The van der Waals surface area contributed by atoms with Crippen LogP contribution in [0.15, 0.2) is 46.9 Å². The monoisotopic (exact) mass is 495 g/mol. The fourth-order valence-corrected chi connectivity index (χ4v) is 5.47. The maximum absolute atomic E-state index is 13.5. The molecule has 5 rings (SSSR count). The molecule has 0 spiro atoms. The van der Waals surface area contributed by atoms with Gasteiger partial charge in [0.05, 0.1) is 28.9 Å². The second kappa shape index (κ2) is 8.73. The minimum absolute atomic E-state index is 0.0737. The van der Waals surface area contributed by atoms with E-state index in [1.165, 1.54) is 0 Å². The van der Waals surface area contributed by atoms with E-state index in [2.05, 4.69) is 14.1 Å². The standard InChI is InChI=1S/C24H25N5O5S/c1-14-10-18(17-11-16(30)7-8-19(17)26-14)24(31)29-9-3-4-15(12-29)13-34-21-6-2-5-20-22(21)23(25)28-35(32,33)27-20/h2,5-8,10-11,15,27,30H,3-4,9,12-13H2,1H3,(H2,25,28). The molecule has 182 valence electrons. The molecule has 0 saturated carbocycles. The first-order valence-corrected chi connectivity index (χ1v) is 12.7. The summed E-state index contributed by atoms with van der Waals surface area (Å²) in [4.78, 5) is 19.7. The third kappa shape index (κ3) is 4.59. The number of piperidine rings is 1. The lowest BCUT2D eigenvalue weighted by atomic mass is 9.97. The van der Waals surface area contributed by atoms with E-state index in [9.17, 15) is 18.3 Å². The summed E-state index contributed by atoms with van der Waals surface area (Å²) in [6.45, 7) is 3.30. The molecule has 2 aromatic carbocycles. The Hall–Kier alpha value is -3.86.